The molecule has 1 aromatic rings. The summed E-state index contributed by atoms with van der Waals surface area (Å²) in [6.07, 6.45) is 2.38. The van der Waals surface area contributed by atoms with E-state index in [-0.39, 0.29) is 24.0 Å². The van der Waals surface area contributed by atoms with Crippen molar-refractivity contribution in [3.05, 3.63) is 34.3 Å². The summed E-state index contributed by atoms with van der Waals surface area (Å²) in [6, 6.07) is 8.88. The molecule has 4 nitrogen and oxygen atoms in total. The van der Waals surface area contributed by atoms with Gasteiger partial charge >= 0.3 is 0 Å². The number of piperidine rings is 1. The second-order valence-electron chi connectivity index (χ2n) is 6.93. The molecule has 0 radical (unpaired) electrons. The molecule has 0 unspecified atom stereocenters. The third-order valence-electron chi connectivity index (χ3n) is 4.23. The predicted octanol–water partition coefficient (Wildman–Crippen LogP) is 4.24. The number of guanidine groups is 1. The molecule has 1 heterocycles. The van der Waals surface area contributed by atoms with Crippen LogP contribution in [0.1, 0.15) is 39.2 Å². The van der Waals surface area contributed by atoms with E-state index in [0.717, 1.165) is 22.9 Å². The maximum absolute atomic E-state index is 4.74. The first kappa shape index (κ1) is 22.7. The smallest absolute Gasteiger partial charge is 0.191 e. The first-order chi connectivity index (χ1) is 11.6. The number of rotatable bonds is 6. The van der Waals surface area contributed by atoms with Gasteiger partial charge in [0.05, 0.1) is 6.54 Å². The molecule has 1 saturated heterocycles. The third-order valence-corrected chi connectivity index (χ3v) is 4.76. The highest BCUT2D eigenvalue weighted by atomic mass is 127. The molecule has 0 bridgehead atoms. The summed E-state index contributed by atoms with van der Waals surface area (Å²) >= 11 is 3.47. The Morgan fingerprint density at radius 3 is 2.44 bits per heavy atom. The van der Waals surface area contributed by atoms with Gasteiger partial charge in [-0.2, -0.15) is 0 Å². The number of hydrogen-bond acceptors (Lipinski definition) is 2. The summed E-state index contributed by atoms with van der Waals surface area (Å²) in [4.78, 5) is 7.32. The maximum atomic E-state index is 4.74. The van der Waals surface area contributed by atoms with Crippen LogP contribution >= 0.6 is 39.9 Å². The van der Waals surface area contributed by atoms with Crippen LogP contribution in [0, 0.1) is 5.92 Å². The average Bonchev–Trinajstić information content (AvgIpc) is 2.55. The van der Waals surface area contributed by atoms with Crippen molar-refractivity contribution in [2.24, 2.45) is 10.9 Å². The Morgan fingerprint density at radius 2 is 1.88 bits per heavy atom. The Morgan fingerprint density at radius 1 is 1.24 bits per heavy atom. The van der Waals surface area contributed by atoms with Crippen LogP contribution in [0.15, 0.2) is 33.7 Å². The number of hydrogen-bond donors (Lipinski definition) is 2. The largest absolute Gasteiger partial charge is 0.357 e. The van der Waals surface area contributed by atoms with Gasteiger partial charge in [0.2, 0.25) is 0 Å². The summed E-state index contributed by atoms with van der Waals surface area (Å²) in [5.74, 6) is 1.68. The Balaban J connectivity index is 0.00000312. The van der Waals surface area contributed by atoms with Crippen LogP contribution in [0.4, 0.5) is 0 Å². The number of halogens is 2. The van der Waals surface area contributed by atoms with Crippen LogP contribution in [0.25, 0.3) is 0 Å². The zero-order valence-electron chi connectivity index (χ0n) is 15.6. The van der Waals surface area contributed by atoms with Crippen molar-refractivity contribution in [2.45, 2.75) is 46.2 Å². The quantitative estimate of drug-likeness (QED) is 0.333. The highest BCUT2D eigenvalue weighted by Gasteiger charge is 2.20. The lowest BCUT2D eigenvalue weighted by Crippen LogP contribution is -2.49. The first-order valence-electron chi connectivity index (χ1n) is 9.08. The van der Waals surface area contributed by atoms with E-state index in [9.17, 15) is 0 Å². The fraction of sp³-hybridized carbons (Fsp3) is 0.632. The minimum Gasteiger partial charge on any atom is -0.357 e. The van der Waals surface area contributed by atoms with Crippen molar-refractivity contribution in [1.29, 1.82) is 0 Å². The van der Waals surface area contributed by atoms with Gasteiger partial charge in [0.25, 0.3) is 0 Å². The van der Waals surface area contributed by atoms with Gasteiger partial charge in [-0.05, 0) is 43.4 Å². The van der Waals surface area contributed by atoms with E-state index in [2.05, 4.69) is 76.5 Å². The normalized spacial score (nSPS) is 16.6. The van der Waals surface area contributed by atoms with Gasteiger partial charge in [-0.15, -0.1) is 24.0 Å². The molecular weight excluding hydrogens is 491 g/mol. The van der Waals surface area contributed by atoms with E-state index in [0.29, 0.717) is 12.6 Å². The monoisotopic (exact) mass is 522 g/mol. The lowest BCUT2D eigenvalue weighted by atomic mass is 10.0. The molecular formula is C19H32BrIN4. The minimum atomic E-state index is 0. The Kier molecular flexibility index (Phi) is 11.0. The van der Waals surface area contributed by atoms with E-state index in [1.165, 1.54) is 38.0 Å². The molecule has 0 aliphatic carbocycles. The molecule has 2 rings (SSSR count). The van der Waals surface area contributed by atoms with Crippen LogP contribution < -0.4 is 10.6 Å². The van der Waals surface area contributed by atoms with Crippen molar-refractivity contribution in [2.75, 3.05) is 26.2 Å². The van der Waals surface area contributed by atoms with Gasteiger partial charge in [0, 0.05) is 36.7 Å². The summed E-state index contributed by atoms with van der Waals surface area (Å²) in [5, 5.41) is 6.99. The summed E-state index contributed by atoms with van der Waals surface area (Å²) in [6.45, 7) is 11.9. The van der Waals surface area contributed by atoms with Gasteiger partial charge in [-0.25, -0.2) is 4.99 Å². The second-order valence-corrected chi connectivity index (χ2v) is 7.85. The maximum Gasteiger partial charge on any atom is 0.191 e. The van der Waals surface area contributed by atoms with Crippen molar-refractivity contribution < 1.29 is 0 Å². The highest BCUT2D eigenvalue weighted by molar-refractivity contribution is 14.0. The Labute approximate surface area is 178 Å². The van der Waals surface area contributed by atoms with Crippen LogP contribution in [0.2, 0.25) is 0 Å². The predicted molar refractivity (Wildman–Crippen MR) is 122 cm³/mol. The fourth-order valence-electron chi connectivity index (χ4n) is 3.05. The highest BCUT2D eigenvalue weighted by Crippen LogP contribution is 2.13. The van der Waals surface area contributed by atoms with Crippen LogP contribution in [-0.4, -0.2) is 43.1 Å². The molecule has 1 aliphatic heterocycles. The average molecular weight is 523 g/mol. The number of benzene rings is 1. The molecule has 2 N–H and O–H groups in total. The summed E-state index contributed by atoms with van der Waals surface area (Å²) in [7, 11) is 0. The van der Waals surface area contributed by atoms with E-state index >= 15 is 0 Å². The Bertz CT molecular complexity index is 511. The molecule has 0 atom stereocenters. The molecule has 1 aromatic carbocycles. The standard InChI is InChI=1S/C19H31BrN4.HI/c1-4-21-19(22-13-16-5-7-17(20)8-6-16)23-18-9-11-24(12-10-18)14-15(2)3;/h5-8,15,18H,4,9-14H2,1-3H3,(H2,21,22,23);1H. The second kappa shape index (κ2) is 12.1. The van der Waals surface area contributed by atoms with E-state index in [1.54, 1.807) is 0 Å². The van der Waals surface area contributed by atoms with Gasteiger partial charge in [0.1, 0.15) is 0 Å². The Hall–Kier alpha value is -0.340. The molecule has 0 amide bonds. The van der Waals surface area contributed by atoms with E-state index in [1.807, 2.05) is 0 Å². The van der Waals surface area contributed by atoms with E-state index < -0.39 is 0 Å². The zero-order valence-corrected chi connectivity index (χ0v) is 19.5. The van der Waals surface area contributed by atoms with E-state index in [4.69, 9.17) is 4.99 Å². The van der Waals surface area contributed by atoms with Crippen molar-refractivity contribution in [3.63, 3.8) is 0 Å². The lowest BCUT2D eigenvalue weighted by Gasteiger charge is -2.34. The van der Waals surface area contributed by atoms with Crippen molar-refractivity contribution in [1.82, 2.24) is 15.5 Å². The minimum absolute atomic E-state index is 0. The van der Waals surface area contributed by atoms with Gasteiger partial charge in [0.15, 0.2) is 5.96 Å². The molecule has 6 heteroatoms. The summed E-state index contributed by atoms with van der Waals surface area (Å²) < 4.78 is 1.11. The molecule has 0 aromatic heterocycles. The third kappa shape index (κ3) is 8.73. The summed E-state index contributed by atoms with van der Waals surface area (Å²) in [5.41, 5.74) is 1.22. The fourth-order valence-corrected chi connectivity index (χ4v) is 3.31. The first-order valence-corrected chi connectivity index (χ1v) is 9.87. The zero-order chi connectivity index (χ0) is 17.4. The number of aliphatic imine (C=N–C) groups is 1. The van der Waals surface area contributed by atoms with Crippen LogP contribution in [-0.2, 0) is 6.54 Å². The molecule has 1 fully saturated rings. The molecule has 0 spiro atoms. The molecule has 25 heavy (non-hydrogen) atoms. The molecule has 1 aliphatic rings. The van der Waals surface area contributed by atoms with Crippen molar-refractivity contribution >= 4 is 45.9 Å². The van der Waals surface area contributed by atoms with Gasteiger partial charge in [-0.3, -0.25) is 0 Å². The van der Waals surface area contributed by atoms with Gasteiger partial charge < -0.3 is 15.5 Å². The molecule has 142 valence electrons. The molecule has 0 saturated carbocycles. The number of likely N-dealkylation sites (tertiary alicyclic amines) is 1. The number of nitrogens with one attached hydrogen (secondary N) is 2. The SMILES string of the molecule is CCNC(=NCc1ccc(Br)cc1)NC1CCN(CC(C)C)CC1.I. The van der Waals surface area contributed by atoms with Gasteiger partial charge in [-0.1, -0.05) is 41.9 Å². The van der Waals surface area contributed by atoms with Crippen LogP contribution in [0.3, 0.4) is 0 Å². The number of nitrogens with zero attached hydrogens (tertiary/aromatic N) is 2. The van der Waals surface area contributed by atoms with Crippen LogP contribution in [0.5, 0.6) is 0 Å². The lowest BCUT2D eigenvalue weighted by molar-refractivity contribution is 0.187. The van der Waals surface area contributed by atoms with Crippen molar-refractivity contribution in [3.8, 4) is 0 Å². The topological polar surface area (TPSA) is 39.7 Å².